The maximum absolute atomic E-state index is 14.7. The Morgan fingerprint density at radius 1 is 1.09 bits per heavy atom. The first-order chi connectivity index (χ1) is 16.6. The first-order valence-corrected chi connectivity index (χ1v) is 11.8. The number of nitrogens with zero attached hydrogens (tertiary/aromatic N) is 4. The number of nitrogens with two attached hydrogens (primary N) is 1. The summed E-state index contributed by atoms with van der Waals surface area (Å²) in [7, 11) is 3.91. The van der Waals surface area contributed by atoms with Crippen molar-refractivity contribution in [2.24, 2.45) is 5.73 Å². The maximum atomic E-state index is 14.7. The van der Waals surface area contributed by atoms with Crippen LogP contribution in [-0.4, -0.2) is 42.2 Å². The number of nitrogens with one attached hydrogen (secondary N) is 1. The molecule has 190 valence electrons. The van der Waals surface area contributed by atoms with E-state index >= 15 is 0 Å². The van der Waals surface area contributed by atoms with E-state index in [2.05, 4.69) is 5.32 Å². The van der Waals surface area contributed by atoms with E-state index in [-0.39, 0.29) is 6.04 Å². The molecule has 2 aliphatic rings. The Hall–Kier alpha value is -3.11. The van der Waals surface area contributed by atoms with Crippen LogP contribution in [0.2, 0.25) is 0 Å². The second-order valence-corrected chi connectivity index (χ2v) is 9.39. The summed E-state index contributed by atoms with van der Waals surface area (Å²) in [6.07, 6.45) is 1.32. The molecule has 1 saturated carbocycles. The van der Waals surface area contributed by atoms with E-state index in [4.69, 9.17) is 15.7 Å². The molecule has 2 amide bonds. The number of carbonyl (C=O) groups excluding carboxylic acids is 1. The van der Waals surface area contributed by atoms with Crippen molar-refractivity contribution >= 4 is 23.5 Å². The molecule has 1 fully saturated rings. The highest BCUT2D eigenvalue weighted by Crippen LogP contribution is 2.37. The minimum Gasteiger partial charge on any atom is -0.362 e. The van der Waals surface area contributed by atoms with E-state index in [0.29, 0.717) is 37.7 Å². The number of aryl methyl sites for hydroxylation is 1. The van der Waals surface area contributed by atoms with Gasteiger partial charge in [-0.05, 0) is 63.5 Å². The first kappa shape index (κ1) is 25.0. The summed E-state index contributed by atoms with van der Waals surface area (Å²) in [6.45, 7) is 0. The first-order valence-electron chi connectivity index (χ1n) is 11.8. The highest BCUT2D eigenvalue weighted by molar-refractivity contribution is 5.91. The predicted octanol–water partition coefficient (Wildman–Crippen LogP) is 4.89. The van der Waals surface area contributed by atoms with Gasteiger partial charge in [-0.3, -0.25) is 4.90 Å². The maximum Gasteiger partial charge on any atom is 0.419 e. The van der Waals surface area contributed by atoms with Gasteiger partial charge in [0.15, 0.2) is 5.82 Å². The molecule has 3 N–H and O–H groups in total. The van der Waals surface area contributed by atoms with Crippen molar-refractivity contribution in [1.29, 1.82) is 0 Å². The molecule has 2 aliphatic carbocycles. The lowest BCUT2D eigenvalue weighted by molar-refractivity contribution is -0.139. The van der Waals surface area contributed by atoms with Crippen LogP contribution in [0.15, 0.2) is 18.2 Å². The highest BCUT2D eigenvalue weighted by atomic mass is 19.4. The number of anilines is 3. The normalized spacial score (nSPS) is 20.2. The van der Waals surface area contributed by atoms with Crippen LogP contribution in [-0.2, 0) is 19.0 Å². The number of fused-ring (bicyclic) bond motifs is 1. The quantitative estimate of drug-likeness (QED) is 0.578. The number of amides is 2. The number of hydrogen-bond acceptors (Lipinski definition) is 5. The smallest absolute Gasteiger partial charge is 0.362 e. The molecule has 11 heteroatoms. The van der Waals surface area contributed by atoms with Crippen molar-refractivity contribution in [3.63, 3.8) is 0 Å². The Balaban J connectivity index is 1.49. The lowest BCUT2D eigenvalue weighted by Crippen LogP contribution is -2.47. The van der Waals surface area contributed by atoms with Crippen molar-refractivity contribution in [2.75, 3.05) is 29.2 Å². The molecule has 1 aromatic carbocycles. The van der Waals surface area contributed by atoms with Gasteiger partial charge in [-0.1, -0.05) is 6.07 Å². The molecule has 35 heavy (non-hydrogen) atoms. The molecule has 0 aliphatic heterocycles. The van der Waals surface area contributed by atoms with Gasteiger partial charge in [0, 0.05) is 31.7 Å². The average molecular weight is 495 g/mol. The van der Waals surface area contributed by atoms with E-state index < -0.39 is 35.3 Å². The molecule has 2 aromatic rings. The van der Waals surface area contributed by atoms with Crippen molar-refractivity contribution in [2.45, 2.75) is 69.6 Å². The summed E-state index contributed by atoms with van der Waals surface area (Å²) >= 11 is 0. The molecule has 0 spiro atoms. The van der Waals surface area contributed by atoms with Gasteiger partial charge in [0.05, 0.1) is 16.9 Å². The second-order valence-electron chi connectivity index (χ2n) is 9.39. The Morgan fingerprint density at radius 3 is 2.40 bits per heavy atom. The standard InChI is InChI=1S/C24H30F4N6O/c1-33(2)21-16-6-3-4-8-18(16)31-23(32-21)30-14-10-12-15(13-11-14)34(22(29)35)19-9-5-7-17(20(19)25)24(26,27)28/h5,7,9,14-15H,3-4,6,8,10-13H2,1-2H3,(H2,29,35)(H,30,31,32)/t14-,15+. The molecule has 0 unspecified atom stereocenters. The van der Waals surface area contributed by atoms with Gasteiger partial charge in [0.1, 0.15) is 5.82 Å². The Bertz CT molecular complexity index is 1080. The third-order valence-electron chi connectivity index (χ3n) is 6.76. The van der Waals surface area contributed by atoms with Gasteiger partial charge >= 0.3 is 12.2 Å². The number of alkyl halides is 3. The van der Waals surface area contributed by atoms with Gasteiger partial charge in [0.2, 0.25) is 5.95 Å². The number of benzene rings is 1. The van der Waals surface area contributed by atoms with Crippen LogP contribution >= 0.6 is 0 Å². The van der Waals surface area contributed by atoms with Gasteiger partial charge in [-0.25, -0.2) is 14.2 Å². The summed E-state index contributed by atoms with van der Waals surface area (Å²) in [4.78, 5) is 24.6. The van der Waals surface area contributed by atoms with Crippen LogP contribution in [0.1, 0.15) is 55.3 Å². The molecule has 7 nitrogen and oxygen atoms in total. The average Bonchev–Trinajstić information content (AvgIpc) is 2.80. The van der Waals surface area contributed by atoms with Crippen molar-refractivity contribution in [3.8, 4) is 0 Å². The van der Waals surface area contributed by atoms with Gasteiger partial charge in [-0.15, -0.1) is 0 Å². The Labute approximate surface area is 201 Å². The summed E-state index contributed by atoms with van der Waals surface area (Å²) in [5.41, 5.74) is 5.88. The van der Waals surface area contributed by atoms with Crippen LogP contribution < -0.4 is 20.9 Å². The SMILES string of the molecule is CN(C)c1nc(N[C@H]2CC[C@@H](N(C(N)=O)c3cccc(C(F)(F)F)c3F)CC2)nc2c1CCCC2. The van der Waals surface area contributed by atoms with E-state index in [1.807, 2.05) is 19.0 Å². The summed E-state index contributed by atoms with van der Waals surface area (Å²) in [5, 5.41) is 3.39. The number of hydrogen-bond donors (Lipinski definition) is 2. The third-order valence-corrected chi connectivity index (χ3v) is 6.76. The van der Waals surface area contributed by atoms with Crippen molar-refractivity contribution in [3.05, 3.63) is 40.8 Å². The third kappa shape index (κ3) is 5.28. The number of rotatable bonds is 5. The molecular weight excluding hydrogens is 464 g/mol. The number of aromatic nitrogens is 2. The molecule has 1 heterocycles. The fraction of sp³-hybridized carbons (Fsp3) is 0.542. The number of primary amides is 1. The zero-order valence-corrected chi connectivity index (χ0v) is 19.8. The van der Waals surface area contributed by atoms with Crippen molar-refractivity contribution in [1.82, 2.24) is 9.97 Å². The zero-order chi connectivity index (χ0) is 25.3. The largest absolute Gasteiger partial charge is 0.419 e. The van der Waals surface area contributed by atoms with Crippen LogP contribution in [0.25, 0.3) is 0 Å². The Morgan fingerprint density at radius 2 is 1.77 bits per heavy atom. The summed E-state index contributed by atoms with van der Waals surface area (Å²) in [6, 6.07) is 1.42. The van der Waals surface area contributed by atoms with E-state index in [1.54, 1.807) is 0 Å². The molecule has 4 rings (SSSR count). The minimum absolute atomic E-state index is 0.0176. The van der Waals surface area contributed by atoms with Gasteiger partial charge in [0.25, 0.3) is 0 Å². The second kappa shape index (κ2) is 9.87. The monoisotopic (exact) mass is 494 g/mol. The van der Waals surface area contributed by atoms with E-state index in [9.17, 15) is 22.4 Å². The van der Waals surface area contributed by atoms with Crippen LogP contribution in [0, 0.1) is 5.82 Å². The number of carbonyl (C=O) groups is 1. The highest BCUT2D eigenvalue weighted by Gasteiger charge is 2.38. The summed E-state index contributed by atoms with van der Waals surface area (Å²) in [5.74, 6) is -0.0305. The number of urea groups is 1. The van der Waals surface area contributed by atoms with Crippen LogP contribution in [0.4, 0.5) is 39.8 Å². The predicted molar refractivity (Wildman–Crippen MR) is 126 cm³/mol. The molecule has 0 bridgehead atoms. The van der Waals surface area contributed by atoms with Crippen LogP contribution in [0.3, 0.4) is 0 Å². The van der Waals surface area contributed by atoms with Crippen molar-refractivity contribution < 1.29 is 22.4 Å². The van der Waals surface area contributed by atoms with E-state index in [0.717, 1.165) is 54.2 Å². The summed E-state index contributed by atoms with van der Waals surface area (Å²) < 4.78 is 54.3. The minimum atomic E-state index is -4.87. The Kier molecular flexibility index (Phi) is 7.05. The molecule has 0 radical (unpaired) electrons. The molecule has 0 atom stereocenters. The molecule has 0 saturated heterocycles. The lowest BCUT2D eigenvalue weighted by Gasteiger charge is -2.36. The van der Waals surface area contributed by atoms with Crippen LogP contribution in [0.5, 0.6) is 0 Å². The number of halogens is 4. The van der Waals surface area contributed by atoms with Gasteiger partial charge < -0.3 is 16.0 Å². The fourth-order valence-electron chi connectivity index (χ4n) is 5.09. The fourth-order valence-corrected chi connectivity index (χ4v) is 5.09. The molecular formula is C24H30F4N6O. The topological polar surface area (TPSA) is 87.4 Å². The van der Waals surface area contributed by atoms with Gasteiger partial charge in [-0.2, -0.15) is 18.2 Å². The van der Waals surface area contributed by atoms with E-state index in [1.165, 1.54) is 5.56 Å². The lowest BCUT2D eigenvalue weighted by atomic mass is 9.89. The zero-order valence-electron chi connectivity index (χ0n) is 19.8. The molecule has 1 aromatic heterocycles.